The Balaban J connectivity index is 1.84. The number of rotatable bonds is 6. The Morgan fingerprint density at radius 3 is 2.54 bits per heavy atom. The Hall–Kier alpha value is -2.87. The van der Waals surface area contributed by atoms with Crippen molar-refractivity contribution in [3.63, 3.8) is 0 Å². The maximum absolute atomic E-state index is 11.8. The molecular weight excluding hydrogens is 340 g/mol. The molecule has 0 unspecified atom stereocenters. The van der Waals surface area contributed by atoms with Crippen LogP contribution in [0.4, 0.5) is 5.88 Å². The maximum Gasteiger partial charge on any atom is 0.433 e. The number of hydrogen-bond acceptors (Lipinski definition) is 6. The van der Waals surface area contributed by atoms with Crippen LogP contribution in [0.1, 0.15) is 29.1 Å². The van der Waals surface area contributed by atoms with Gasteiger partial charge >= 0.3 is 11.9 Å². The van der Waals surface area contributed by atoms with Crippen molar-refractivity contribution in [2.75, 3.05) is 6.61 Å². The number of halogens is 1. The lowest BCUT2D eigenvalue weighted by atomic mass is 10.1. The van der Waals surface area contributed by atoms with Crippen molar-refractivity contribution in [2.45, 2.75) is 13.0 Å². The minimum Gasteiger partial charge on any atom is -0.450 e. The fourth-order valence-corrected chi connectivity index (χ4v) is 1.98. The third kappa shape index (κ3) is 4.56. The van der Waals surface area contributed by atoms with Gasteiger partial charge in [-0.15, -0.1) is 0 Å². The van der Waals surface area contributed by atoms with E-state index in [0.717, 1.165) is 17.7 Å². The fourth-order valence-electron chi connectivity index (χ4n) is 1.86. The molecule has 0 aliphatic carbocycles. The van der Waals surface area contributed by atoms with Gasteiger partial charge in [-0.3, -0.25) is 14.9 Å². The average Bonchev–Trinajstić information content (AvgIpc) is 3.03. The summed E-state index contributed by atoms with van der Waals surface area (Å²) in [7, 11) is 0. The van der Waals surface area contributed by atoms with E-state index < -0.39 is 29.3 Å². The van der Waals surface area contributed by atoms with Gasteiger partial charge in [-0.25, -0.2) is 4.79 Å². The topological polar surface area (TPSA) is 112 Å². The van der Waals surface area contributed by atoms with E-state index in [9.17, 15) is 19.7 Å². The summed E-state index contributed by atoms with van der Waals surface area (Å²) in [6, 6.07) is 8.75. The number of carbonyl (C=O) groups excluding carboxylic acids is 2. The van der Waals surface area contributed by atoms with Crippen molar-refractivity contribution in [1.82, 2.24) is 5.32 Å². The van der Waals surface area contributed by atoms with Crippen LogP contribution in [0.15, 0.2) is 40.8 Å². The van der Waals surface area contributed by atoms with Crippen LogP contribution in [-0.2, 0) is 9.53 Å². The highest BCUT2D eigenvalue weighted by Crippen LogP contribution is 2.17. The zero-order valence-electron chi connectivity index (χ0n) is 12.5. The van der Waals surface area contributed by atoms with Crippen LogP contribution < -0.4 is 5.32 Å². The van der Waals surface area contributed by atoms with Crippen LogP contribution in [-0.4, -0.2) is 23.4 Å². The lowest BCUT2D eigenvalue weighted by molar-refractivity contribution is -0.402. The van der Waals surface area contributed by atoms with Crippen LogP contribution in [0.3, 0.4) is 0 Å². The fraction of sp³-hybridized carbons (Fsp3) is 0.200. The van der Waals surface area contributed by atoms with Crippen molar-refractivity contribution in [3.8, 4) is 0 Å². The van der Waals surface area contributed by atoms with Gasteiger partial charge in [-0.2, -0.15) is 0 Å². The summed E-state index contributed by atoms with van der Waals surface area (Å²) in [6.45, 7) is 1.23. The molecule has 0 aliphatic rings. The first-order chi connectivity index (χ1) is 11.4. The van der Waals surface area contributed by atoms with E-state index >= 15 is 0 Å². The van der Waals surface area contributed by atoms with Crippen LogP contribution in [0.25, 0.3) is 0 Å². The van der Waals surface area contributed by atoms with Gasteiger partial charge in [0.15, 0.2) is 6.61 Å². The van der Waals surface area contributed by atoms with Gasteiger partial charge in [-0.1, -0.05) is 23.7 Å². The number of ether oxygens (including phenoxy) is 1. The first-order valence-electron chi connectivity index (χ1n) is 6.83. The predicted octanol–water partition coefficient (Wildman–Crippen LogP) is 2.88. The number of carbonyl (C=O) groups is 2. The molecule has 1 aromatic carbocycles. The molecule has 0 radical (unpaired) electrons. The van der Waals surface area contributed by atoms with Crippen LogP contribution >= 0.6 is 11.6 Å². The molecule has 1 heterocycles. The Morgan fingerprint density at radius 2 is 1.96 bits per heavy atom. The normalized spacial score (nSPS) is 11.6. The van der Waals surface area contributed by atoms with Crippen molar-refractivity contribution < 1.29 is 23.7 Å². The maximum atomic E-state index is 11.8. The lowest BCUT2D eigenvalue weighted by Gasteiger charge is -2.14. The van der Waals surface area contributed by atoms with Gasteiger partial charge < -0.3 is 14.5 Å². The number of nitrogens with zero attached hydrogens (tertiary/aromatic N) is 1. The second-order valence-corrected chi connectivity index (χ2v) is 5.25. The first-order valence-corrected chi connectivity index (χ1v) is 7.21. The zero-order valence-corrected chi connectivity index (χ0v) is 13.3. The van der Waals surface area contributed by atoms with E-state index in [2.05, 4.69) is 9.73 Å². The molecule has 0 spiro atoms. The molecule has 8 nitrogen and oxygen atoms in total. The van der Waals surface area contributed by atoms with Gasteiger partial charge in [-0.05, 0) is 30.7 Å². The van der Waals surface area contributed by atoms with Gasteiger partial charge in [0, 0.05) is 5.02 Å². The molecule has 126 valence electrons. The lowest BCUT2D eigenvalue weighted by Crippen LogP contribution is -2.31. The number of furan rings is 1. The second kappa shape index (κ2) is 7.60. The Bertz CT molecular complexity index is 756. The second-order valence-electron chi connectivity index (χ2n) is 4.81. The van der Waals surface area contributed by atoms with Crippen LogP contribution in [0.5, 0.6) is 0 Å². The molecule has 1 amide bonds. The van der Waals surface area contributed by atoms with Crippen molar-refractivity contribution in [2.24, 2.45) is 0 Å². The largest absolute Gasteiger partial charge is 0.450 e. The van der Waals surface area contributed by atoms with Crippen molar-refractivity contribution >= 4 is 29.4 Å². The summed E-state index contributed by atoms with van der Waals surface area (Å²) in [5, 5.41) is 13.7. The van der Waals surface area contributed by atoms with Gasteiger partial charge in [0.25, 0.3) is 5.91 Å². The standard InChI is InChI=1S/C15H13ClN2O6/c1-9(10-2-4-11(16)5-3-10)17-13(19)8-23-15(20)12-6-7-14(24-12)18(21)22/h2-7,9H,8H2,1H3,(H,17,19)/t9-/m0/s1. The number of nitro groups is 1. The quantitative estimate of drug-likeness (QED) is 0.486. The monoisotopic (exact) mass is 352 g/mol. The summed E-state index contributed by atoms with van der Waals surface area (Å²) in [6.07, 6.45) is 0. The smallest absolute Gasteiger partial charge is 0.433 e. The molecule has 1 N–H and O–H groups in total. The van der Waals surface area contributed by atoms with Crippen LogP contribution in [0, 0.1) is 10.1 Å². The van der Waals surface area contributed by atoms with Crippen LogP contribution in [0.2, 0.25) is 5.02 Å². The number of nitrogens with one attached hydrogen (secondary N) is 1. The third-order valence-electron chi connectivity index (χ3n) is 3.05. The Morgan fingerprint density at radius 1 is 1.29 bits per heavy atom. The molecule has 1 aromatic heterocycles. The van der Waals surface area contributed by atoms with Gasteiger partial charge in [0.05, 0.1) is 12.1 Å². The molecular formula is C15H13ClN2O6. The zero-order chi connectivity index (χ0) is 17.7. The van der Waals surface area contributed by atoms with Crippen molar-refractivity contribution in [3.05, 3.63) is 62.9 Å². The average molecular weight is 353 g/mol. The highest BCUT2D eigenvalue weighted by molar-refractivity contribution is 6.30. The third-order valence-corrected chi connectivity index (χ3v) is 3.31. The summed E-state index contributed by atoms with van der Waals surface area (Å²) >= 11 is 5.79. The molecule has 2 rings (SSSR count). The Labute approximate surface area is 141 Å². The predicted molar refractivity (Wildman–Crippen MR) is 83.7 cm³/mol. The highest BCUT2D eigenvalue weighted by Gasteiger charge is 2.19. The summed E-state index contributed by atoms with van der Waals surface area (Å²) in [5.41, 5.74) is 0.834. The van der Waals surface area contributed by atoms with E-state index in [0.29, 0.717) is 5.02 Å². The minimum absolute atomic E-state index is 0.307. The van der Waals surface area contributed by atoms with Crippen molar-refractivity contribution in [1.29, 1.82) is 0 Å². The summed E-state index contributed by atoms with van der Waals surface area (Å²) in [5.74, 6) is -2.41. The van der Waals surface area contributed by atoms with Gasteiger partial charge in [0.2, 0.25) is 5.76 Å². The molecule has 0 aliphatic heterocycles. The number of benzene rings is 1. The van der Waals surface area contributed by atoms with E-state index in [1.165, 1.54) is 0 Å². The Kier molecular flexibility index (Phi) is 5.54. The molecule has 2 aromatic rings. The van der Waals surface area contributed by atoms with E-state index in [1.807, 2.05) is 0 Å². The molecule has 1 atom stereocenters. The van der Waals surface area contributed by atoms with E-state index in [4.69, 9.17) is 16.3 Å². The molecule has 0 fully saturated rings. The first kappa shape index (κ1) is 17.5. The molecule has 0 bridgehead atoms. The molecule has 0 saturated heterocycles. The molecule has 9 heteroatoms. The summed E-state index contributed by atoms with van der Waals surface area (Å²) < 4.78 is 9.43. The minimum atomic E-state index is -0.961. The SMILES string of the molecule is C[C@H](NC(=O)COC(=O)c1ccc([N+](=O)[O-])o1)c1ccc(Cl)cc1. The van der Waals surface area contributed by atoms with E-state index in [-0.39, 0.29) is 11.8 Å². The van der Waals surface area contributed by atoms with E-state index in [1.54, 1.807) is 31.2 Å². The highest BCUT2D eigenvalue weighted by atomic mass is 35.5. The molecule has 0 saturated carbocycles. The number of amides is 1. The van der Waals surface area contributed by atoms with Gasteiger partial charge in [0.1, 0.15) is 4.92 Å². The number of hydrogen-bond donors (Lipinski definition) is 1. The molecule has 24 heavy (non-hydrogen) atoms. The number of esters is 1. The summed E-state index contributed by atoms with van der Waals surface area (Å²) in [4.78, 5) is 33.1.